The lowest BCUT2D eigenvalue weighted by Gasteiger charge is -2.13. The number of nitrogens with zero attached hydrogens (tertiary/aromatic N) is 1. The van der Waals surface area contributed by atoms with Gasteiger partial charge in [0.1, 0.15) is 5.82 Å². The number of aryl methyl sites for hydroxylation is 1. The first-order valence-corrected chi connectivity index (χ1v) is 6.39. The zero-order valence-corrected chi connectivity index (χ0v) is 9.96. The van der Waals surface area contributed by atoms with Gasteiger partial charge in [-0.05, 0) is 19.3 Å². The zero-order chi connectivity index (χ0) is 11.4. The molecule has 0 atom stereocenters. The lowest BCUT2D eigenvalue weighted by atomic mass is 9.99. The van der Waals surface area contributed by atoms with Crippen LogP contribution in [0.15, 0.2) is 10.9 Å². The van der Waals surface area contributed by atoms with E-state index in [1.54, 1.807) is 6.07 Å². The molecule has 1 heterocycles. The van der Waals surface area contributed by atoms with Crippen molar-refractivity contribution < 1.29 is 0 Å². The summed E-state index contributed by atoms with van der Waals surface area (Å²) in [6, 6.07) is 1.61. The first-order chi connectivity index (χ1) is 7.79. The Labute approximate surface area is 96.3 Å². The highest BCUT2D eigenvalue weighted by Crippen LogP contribution is 2.29. The summed E-state index contributed by atoms with van der Waals surface area (Å²) in [5, 5.41) is 0. The lowest BCUT2D eigenvalue weighted by Crippen LogP contribution is -2.15. The highest BCUT2D eigenvalue weighted by atomic mass is 16.1. The van der Waals surface area contributed by atoms with Gasteiger partial charge in [-0.15, -0.1) is 0 Å². The van der Waals surface area contributed by atoms with Crippen molar-refractivity contribution >= 4 is 0 Å². The Bertz CT molecular complexity index is 389. The van der Waals surface area contributed by atoms with Crippen molar-refractivity contribution in [3.05, 3.63) is 27.9 Å². The molecule has 0 aliphatic heterocycles. The number of H-pyrrole nitrogens is 1. The summed E-state index contributed by atoms with van der Waals surface area (Å²) < 4.78 is 0. The molecule has 1 aliphatic carbocycles. The van der Waals surface area contributed by atoms with Crippen molar-refractivity contribution in [1.29, 1.82) is 0 Å². The third-order valence-corrected chi connectivity index (χ3v) is 3.42. The largest absolute Gasteiger partial charge is 0.310 e. The van der Waals surface area contributed by atoms with Gasteiger partial charge in [-0.2, -0.15) is 0 Å². The Morgan fingerprint density at radius 1 is 1.31 bits per heavy atom. The van der Waals surface area contributed by atoms with Gasteiger partial charge in [0.05, 0.1) is 0 Å². The van der Waals surface area contributed by atoms with Crippen LogP contribution in [0.2, 0.25) is 0 Å². The molecular formula is C13H20N2O. The molecule has 0 amide bonds. The first-order valence-electron chi connectivity index (χ1n) is 6.39. The van der Waals surface area contributed by atoms with Crippen LogP contribution in [0.25, 0.3) is 0 Å². The molecule has 0 radical (unpaired) electrons. The first kappa shape index (κ1) is 11.4. The molecule has 1 N–H and O–H groups in total. The minimum Gasteiger partial charge on any atom is -0.310 e. The van der Waals surface area contributed by atoms with E-state index in [0.717, 1.165) is 17.9 Å². The number of nitrogens with one attached hydrogen (secondary N) is 1. The highest BCUT2D eigenvalue weighted by Gasteiger charge is 2.16. The summed E-state index contributed by atoms with van der Waals surface area (Å²) in [6.07, 6.45) is 8.38. The smallest absolute Gasteiger partial charge is 0.251 e. The summed E-state index contributed by atoms with van der Waals surface area (Å²) >= 11 is 0. The van der Waals surface area contributed by atoms with E-state index in [-0.39, 0.29) is 5.56 Å². The molecule has 3 nitrogen and oxygen atoms in total. The number of hydrogen-bond donors (Lipinski definition) is 1. The number of rotatable bonds is 2. The normalized spacial score (nSPS) is 18.3. The molecule has 1 fully saturated rings. The van der Waals surface area contributed by atoms with E-state index in [9.17, 15) is 4.79 Å². The maximum Gasteiger partial charge on any atom is 0.251 e. The molecule has 0 spiro atoms. The standard InChI is InChI=1S/C13H20N2O/c1-2-11-9-12(16)15-13(14-11)10-7-5-3-4-6-8-10/h9-10H,2-8H2,1H3,(H,14,15,16). The van der Waals surface area contributed by atoms with Gasteiger partial charge in [0.2, 0.25) is 0 Å². The van der Waals surface area contributed by atoms with Crippen molar-refractivity contribution in [3.63, 3.8) is 0 Å². The van der Waals surface area contributed by atoms with E-state index < -0.39 is 0 Å². The van der Waals surface area contributed by atoms with Crippen molar-refractivity contribution in [2.75, 3.05) is 0 Å². The van der Waals surface area contributed by atoms with Crippen LogP contribution in [0, 0.1) is 0 Å². The molecule has 3 heteroatoms. The topological polar surface area (TPSA) is 45.8 Å². The Hall–Kier alpha value is -1.12. The van der Waals surface area contributed by atoms with Crippen LogP contribution in [0.4, 0.5) is 0 Å². The summed E-state index contributed by atoms with van der Waals surface area (Å²) in [5.74, 6) is 1.40. The molecule has 1 saturated carbocycles. The fraction of sp³-hybridized carbons (Fsp3) is 0.692. The van der Waals surface area contributed by atoms with Gasteiger partial charge in [0.15, 0.2) is 0 Å². The fourth-order valence-electron chi connectivity index (χ4n) is 2.46. The maximum absolute atomic E-state index is 11.5. The SMILES string of the molecule is CCc1cc(=O)[nH]c(C2CCCCCC2)n1. The van der Waals surface area contributed by atoms with Crippen molar-refractivity contribution in [3.8, 4) is 0 Å². The second kappa shape index (κ2) is 5.28. The van der Waals surface area contributed by atoms with Crippen LogP contribution < -0.4 is 5.56 Å². The average Bonchev–Trinajstić information content (AvgIpc) is 2.56. The van der Waals surface area contributed by atoms with Crippen molar-refractivity contribution in [2.24, 2.45) is 0 Å². The number of aromatic amines is 1. The summed E-state index contributed by atoms with van der Waals surface area (Å²) in [4.78, 5) is 19.0. The van der Waals surface area contributed by atoms with E-state index in [0.29, 0.717) is 5.92 Å². The van der Waals surface area contributed by atoms with E-state index in [1.165, 1.54) is 38.5 Å². The Kier molecular flexibility index (Phi) is 3.75. The van der Waals surface area contributed by atoms with Gasteiger partial charge in [0.25, 0.3) is 5.56 Å². The fourth-order valence-corrected chi connectivity index (χ4v) is 2.46. The van der Waals surface area contributed by atoms with E-state index in [1.807, 2.05) is 6.92 Å². The monoisotopic (exact) mass is 220 g/mol. The van der Waals surface area contributed by atoms with Crippen LogP contribution in [-0.4, -0.2) is 9.97 Å². The molecule has 1 aromatic rings. The molecule has 2 rings (SSSR count). The molecule has 88 valence electrons. The van der Waals surface area contributed by atoms with Gasteiger partial charge in [-0.25, -0.2) is 4.98 Å². The Balaban J connectivity index is 2.23. The molecule has 0 aromatic carbocycles. The third-order valence-electron chi connectivity index (χ3n) is 3.42. The highest BCUT2D eigenvalue weighted by molar-refractivity contribution is 5.06. The van der Waals surface area contributed by atoms with Gasteiger partial charge in [-0.3, -0.25) is 4.79 Å². The predicted molar refractivity (Wildman–Crippen MR) is 64.7 cm³/mol. The van der Waals surface area contributed by atoms with E-state index in [4.69, 9.17) is 0 Å². The number of aromatic nitrogens is 2. The maximum atomic E-state index is 11.5. The second-order valence-corrected chi connectivity index (χ2v) is 4.66. The quantitative estimate of drug-likeness (QED) is 0.779. The number of hydrogen-bond acceptors (Lipinski definition) is 2. The average molecular weight is 220 g/mol. The minimum absolute atomic E-state index is 0.00565. The third kappa shape index (κ3) is 2.71. The predicted octanol–water partition coefficient (Wildman–Crippen LogP) is 2.77. The van der Waals surface area contributed by atoms with Crippen LogP contribution in [0.3, 0.4) is 0 Å². The van der Waals surface area contributed by atoms with Gasteiger partial charge < -0.3 is 4.98 Å². The van der Waals surface area contributed by atoms with Gasteiger partial charge >= 0.3 is 0 Å². The zero-order valence-electron chi connectivity index (χ0n) is 9.96. The van der Waals surface area contributed by atoms with E-state index in [2.05, 4.69) is 9.97 Å². The molecule has 0 unspecified atom stereocenters. The summed E-state index contributed by atoms with van der Waals surface area (Å²) in [5.41, 5.74) is 0.925. The molecule has 16 heavy (non-hydrogen) atoms. The molecule has 1 aromatic heterocycles. The Morgan fingerprint density at radius 2 is 2.00 bits per heavy atom. The molecular weight excluding hydrogens is 200 g/mol. The van der Waals surface area contributed by atoms with Gasteiger partial charge in [-0.1, -0.05) is 32.6 Å². The van der Waals surface area contributed by atoms with Crippen LogP contribution in [0.1, 0.15) is 62.9 Å². The van der Waals surface area contributed by atoms with Crippen LogP contribution in [0.5, 0.6) is 0 Å². The van der Waals surface area contributed by atoms with Crippen LogP contribution >= 0.6 is 0 Å². The van der Waals surface area contributed by atoms with Crippen molar-refractivity contribution in [2.45, 2.75) is 57.8 Å². The summed E-state index contributed by atoms with van der Waals surface area (Å²) in [6.45, 7) is 2.04. The van der Waals surface area contributed by atoms with Gasteiger partial charge in [0, 0.05) is 17.7 Å². The molecule has 0 bridgehead atoms. The van der Waals surface area contributed by atoms with Crippen molar-refractivity contribution in [1.82, 2.24) is 9.97 Å². The molecule has 0 saturated heterocycles. The minimum atomic E-state index is 0.00565. The second-order valence-electron chi connectivity index (χ2n) is 4.66. The Morgan fingerprint density at radius 3 is 2.62 bits per heavy atom. The van der Waals surface area contributed by atoms with E-state index >= 15 is 0 Å². The molecule has 1 aliphatic rings. The lowest BCUT2D eigenvalue weighted by molar-refractivity contribution is 0.555. The van der Waals surface area contributed by atoms with Crippen LogP contribution in [-0.2, 0) is 6.42 Å². The summed E-state index contributed by atoms with van der Waals surface area (Å²) in [7, 11) is 0.